The monoisotopic (exact) mass is 289 g/mol. The summed E-state index contributed by atoms with van der Waals surface area (Å²) in [5.41, 5.74) is 3.46. The lowest BCUT2D eigenvalue weighted by atomic mass is 10.0. The first-order chi connectivity index (χ1) is 9.93. The number of benzene rings is 2. The molecule has 0 radical (unpaired) electrons. The van der Waals surface area contributed by atoms with E-state index in [1.54, 1.807) is 7.11 Å². The number of methoxy groups -OCH3 is 1. The van der Waals surface area contributed by atoms with Crippen LogP contribution in [0.1, 0.15) is 29.7 Å². The molecule has 3 nitrogen and oxygen atoms in total. The van der Waals surface area contributed by atoms with Crippen molar-refractivity contribution in [1.82, 2.24) is 0 Å². The van der Waals surface area contributed by atoms with E-state index < -0.39 is 0 Å². The first-order valence-electron chi connectivity index (χ1n) is 6.83. The molecule has 0 aliphatic heterocycles. The van der Waals surface area contributed by atoms with E-state index in [1.807, 2.05) is 32.9 Å². The van der Waals surface area contributed by atoms with Gasteiger partial charge in [-0.3, -0.25) is 0 Å². The van der Waals surface area contributed by atoms with Gasteiger partial charge in [-0.25, -0.2) is 4.39 Å². The second-order valence-electron chi connectivity index (χ2n) is 5.16. The Morgan fingerprint density at radius 3 is 2.57 bits per heavy atom. The lowest BCUT2D eigenvalue weighted by molar-refractivity contribution is 0.409. The topological polar surface area (TPSA) is 41.5 Å². The number of nitrogens with one attached hydrogen (secondary N) is 1. The average Bonchev–Trinajstić information content (AvgIpc) is 2.45. The van der Waals surface area contributed by atoms with Crippen LogP contribution in [-0.2, 0) is 0 Å². The molecule has 21 heavy (non-hydrogen) atoms. The highest BCUT2D eigenvalue weighted by Crippen LogP contribution is 2.33. The molecule has 0 saturated heterocycles. The molecule has 2 aromatic rings. The molecule has 1 atom stereocenters. The molecule has 0 heterocycles. The summed E-state index contributed by atoms with van der Waals surface area (Å²) in [5.74, 6) is 0.540. The normalized spacial score (nSPS) is 12.0. The van der Waals surface area contributed by atoms with Crippen molar-refractivity contribution in [2.45, 2.75) is 26.8 Å². The van der Waals surface area contributed by atoms with Crippen LogP contribution >= 0.6 is 0 Å². The van der Waals surface area contributed by atoms with E-state index in [-0.39, 0.29) is 17.6 Å². The van der Waals surface area contributed by atoms with Crippen LogP contribution in [0.3, 0.4) is 0 Å². The Labute approximate surface area is 124 Å². The quantitative estimate of drug-likeness (QED) is 0.880. The predicted octanol–water partition coefficient (Wildman–Crippen LogP) is 4.33. The fourth-order valence-electron chi connectivity index (χ4n) is 2.48. The zero-order chi connectivity index (χ0) is 15.6. The zero-order valence-corrected chi connectivity index (χ0v) is 12.7. The number of halogens is 1. The molecule has 0 aromatic heterocycles. The first-order valence-corrected chi connectivity index (χ1v) is 6.83. The minimum absolute atomic E-state index is 0.0770. The van der Waals surface area contributed by atoms with Gasteiger partial charge >= 0.3 is 0 Å². The predicted molar refractivity (Wildman–Crippen MR) is 82.6 cm³/mol. The number of rotatable bonds is 4. The molecule has 0 spiro atoms. The SMILES string of the molecule is COc1c(C)ccc(NC(C)c2cc(F)ccc2O)c1C. The van der Waals surface area contributed by atoms with E-state index in [4.69, 9.17) is 4.74 Å². The molecule has 0 fully saturated rings. The van der Waals surface area contributed by atoms with Gasteiger partial charge in [-0.2, -0.15) is 0 Å². The second-order valence-corrected chi connectivity index (χ2v) is 5.16. The van der Waals surface area contributed by atoms with Gasteiger partial charge in [0.2, 0.25) is 0 Å². The molecule has 2 N–H and O–H groups in total. The molecule has 112 valence electrons. The third kappa shape index (κ3) is 3.10. The van der Waals surface area contributed by atoms with Gasteiger partial charge in [0.25, 0.3) is 0 Å². The summed E-state index contributed by atoms with van der Waals surface area (Å²) in [6.07, 6.45) is 0. The number of hydrogen-bond acceptors (Lipinski definition) is 3. The van der Waals surface area contributed by atoms with Crippen molar-refractivity contribution < 1.29 is 14.2 Å². The molecule has 1 unspecified atom stereocenters. The number of aromatic hydroxyl groups is 1. The van der Waals surface area contributed by atoms with Crippen LogP contribution in [0.25, 0.3) is 0 Å². The summed E-state index contributed by atoms with van der Waals surface area (Å²) in [6.45, 7) is 5.82. The van der Waals surface area contributed by atoms with Crippen molar-refractivity contribution in [3.63, 3.8) is 0 Å². The van der Waals surface area contributed by atoms with Crippen LogP contribution in [0.4, 0.5) is 10.1 Å². The Morgan fingerprint density at radius 1 is 1.19 bits per heavy atom. The Hall–Kier alpha value is -2.23. The van der Waals surface area contributed by atoms with E-state index in [1.165, 1.54) is 18.2 Å². The minimum atomic E-state index is -0.366. The molecule has 0 aliphatic rings. The molecule has 0 aliphatic carbocycles. The summed E-state index contributed by atoms with van der Waals surface area (Å²) in [4.78, 5) is 0. The maximum atomic E-state index is 13.3. The van der Waals surface area contributed by atoms with Gasteiger partial charge in [0.05, 0.1) is 13.2 Å². The van der Waals surface area contributed by atoms with Crippen molar-refractivity contribution in [2.24, 2.45) is 0 Å². The standard InChI is InChI=1S/C17H20FNO2/c1-10-5-7-15(11(2)17(10)21-4)19-12(3)14-9-13(18)6-8-16(14)20/h5-9,12,19-20H,1-4H3. The van der Waals surface area contributed by atoms with Gasteiger partial charge in [0, 0.05) is 16.8 Å². The van der Waals surface area contributed by atoms with Crippen molar-refractivity contribution in [1.29, 1.82) is 0 Å². The summed E-state index contributed by atoms with van der Waals surface area (Å²) in [5, 5.41) is 13.2. The molecular formula is C17H20FNO2. The third-order valence-corrected chi connectivity index (χ3v) is 3.63. The van der Waals surface area contributed by atoms with Crippen LogP contribution < -0.4 is 10.1 Å². The highest BCUT2D eigenvalue weighted by atomic mass is 19.1. The average molecular weight is 289 g/mol. The van der Waals surface area contributed by atoms with Gasteiger partial charge < -0.3 is 15.2 Å². The molecule has 2 aromatic carbocycles. The fourth-order valence-corrected chi connectivity index (χ4v) is 2.48. The zero-order valence-electron chi connectivity index (χ0n) is 12.7. The fraction of sp³-hybridized carbons (Fsp3) is 0.294. The summed E-state index contributed by atoms with van der Waals surface area (Å²) >= 11 is 0. The lowest BCUT2D eigenvalue weighted by Gasteiger charge is -2.20. The van der Waals surface area contributed by atoms with Gasteiger partial charge in [0.15, 0.2) is 0 Å². The van der Waals surface area contributed by atoms with Crippen LogP contribution in [0.2, 0.25) is 0 Å². The van der Waals surface area contributed by atoms with E-state index >= 15 is 0 Å². The summed E-state index contributed by atoms with van der Waals surface area (Å²) in [6, 6.07) is 7.64. The highest BCUT2D eigenvalue weighted by molar-refractivity contribution is 5.60. The Kier molecular flexibility index (Phi) is 4.36. The van der Waals surface area contributed by atoms with Crippen LogP contribution in [0, 0.1) is 19.7 Å². The minimum Gasteiger partial charge on any atom is -0.508 e. The van der Waals surface area contributed by atoms with E-state index in [0.29, 0.717) is 5.56 Å². The van der Waals surface area contributed by atoms with Gasteiger partial charge in [-0.15, -0.1) is 0 Å². The lowest BCUT2D eigenvalue weighted by Crippen LogP contribution is -2.09. The van der Waals surface area contributed by atoms with E-state index in [2.05, 4.69) is 5.32 Å². The number of phenols is 1. The summed E-state index contributed by atoms with van der Waals surface area (Å²) < 4.78 is 18.7. The molecule has 0 amide bonds. The van der Waals surface area contributed by atoms with Crippen molar-refractivity contribution in [3.8, 4) is 11.5 Å². The molecule has 0 bridgehead atoms. The smallest absolute Gasteiger partial charge is 0.126 e. The van der Waals surface area contributed by atoms with Crippen molar-refractivity contribution >= 4 is 5.69 Å². The van der Waals surface area contributed by atoms with Crippen LogP contribution in [0.15, 0.2) is 30.3 Å². The number of ether oxygens (including phenoxy) is 1. The molecule has 2 rings (SSSR count). The van der Waals surface area contributed by atoms with Crippen molar-refractivity contribution in [3.05, 3.63) is 52.8 Å². The molecule has 0 saturated carbocycles. The highest BCUT2D eigenvalue weighted by Gasteiger charge is 2.14. The van der Waals surface area contributed by atoms with Gasteiger partial charge in [-0.1, -0.05) is 6.07 Å². The van der Waals surface area contributed by atoms with Crippen LogP contribution in [-0.4, -0.2) is 12.2 Å². The van der Waals surface area contributed by atoms with Crippen molar-refractivity contribution in [2.75, 3.05) is 12.4 Å². The first kappa shape index (κ1) is 15.2. The Morgan fingerprint density at radius 2 is 1.90 bits per heavy atom. The van der Waals surface area contributed by atoms with Gasteiger partial charge in [0.1, 0.15) is 17.3 Å². The molecular weight excluding hydrogens is 269 g/mol. The number of hydrogen-bond donors (Lipinski definition) is 2. The second kappa shape index (κ2) is 6.04. The largest absolute Gasteiger partial charge is 0.508 e. The number of phenolic OH excluding ortho intramolecular Hbond substituents is 1. The summed E-state index contributed by atoms with van der Waals surface area (Å²) in [7, 11) is 1.64. The third-order valence-electron chi connectivity index (χ3n) is 3.63. The molecule has 4 heteroatoms. The number of aryl methyl sites for hydroxylation is 1. The Balaban J connectivity index is 2.32. The maximum Gasteiger partial charge on any atom is 0.126 e. The maximum absolute atomic E-state index is 13.3. The Bertz CT molecular complexity index is 655. The number of anilines is 1. The van der Waals surface area contributed by atoms with Gasteiger partial charge in [-0.05, 0) is 50.6 Å². The van der Waals surface area contributed by atoms with E-state index in [0.717, 1.165) is 22.6 Å². The van der Waals surface area contributed by atoms with E-state index in [9.17, 15) is 9.50 Å². The van der Waals surface area contributed by atoms with Crippen LogP contribution in [0.5, 0.6) is 11.5 Å².